The number of anilines is 2. The minimum Gasteiger partial charge on any atom is -0.397 e. The number of hydrogen-bond acceptors (Lipinski definition) is 8. The van der Waals surface area contributed by atoms with Crippen LogP contribution in [0.3, 0.4) is 0 Å². The molecule has 3 fully saturated rings. The molecule has 0 aromatic heterocycles. The van der Waals surface area contributed by atoms with E-state index in [1.165, 1.54) is 0 Å². The van der Waals surface area contributed by atoms with Crippen LogP contribution in [0.5, 0.6) is 0 Å². The van der Waals surface area contributed by atoms with Crippen molar-refractivity contribution in [1.29, 1.82) is 0 Å². The van der Waals surface area contributed by atoms with E-state index < -0.39 is 6.04 Å². The number of Topliss-reactive ketones (excluding diaryl/α,β-unsaturated/α-hetero) is 1. The molecule has 4 N–H and O–H groups in total. The number of nitrogens with two attached hydrogens (primary N) is 1. The van der Waals surface area contributed by atoms with Crippen molar-refractivity contribution in [2.45, 2.75) is 76.5 Å². The molecule has 4 aliphatic rings. The van der Waals surface area contributed by atoms with Crippen LogP contribution < -0.4 is 16.4 Å². The molecule has 12 nitrogen and oxygen atoms in total. The van der Waals surface area contributed by atoms with E-state index in [0.717, 1.165) is 69.8 Å². The van der Waals surface area contributed by atoms with Crippen LogP contribution in [0, 0.1) is 0 Å². The molecule has 282 valence electrons. The van der Waals surface area contributed by atoms with Gasteiger partial charge in [0.1, 0.15) is 6.04 Å². The largest absolute Gasteiger partial charge is 0.397 e. The van der Waals surface area contributed by atoms with E-state index in [1.807, 2.05) is 29.2 Å². The van der Waals surface area contributed by atoms with Crippen molar-refractivity contribution < 1.29 is 19.2 Å². The number of likely N-dealkylation sites (tertiary alicyclic amines) is 2. The Morgan fingerprint density at radius 2 is 1.52 bits per heavy atom. The number of carbonyl (C=O) groups is 4. The number of nitrogens with zero attached hydrogens (tertiary/aromatic N) is 5. The van der Waals surface area contributed by atoms with Crippen LogP contribution in [0.4, 0.5) is 16.2 Å². The topological polar surface area (TPSA) is 135 Å². The van der Waals surface area contributed by atoms with Crippen molar-refractivity contribution >= 4 is 66.9 Å². The van der Waals surface area contributed by atoms with Gasteiger partial charge in [-0.05, 0) is 102 Å². The van der Waals surface area contributed by atoms with Gasteiger partial charge in [0, 0.05) is 104 Å². The van der Waals surface area contributed by atoms with Crippen molar-refractivity contribution in [2.24, 2.45) is 0 Å². The molecule has 14 heteroatoms. The normalized spacial score (nSPS) is 20.7. The fourth-order valence-corrected chi connectivity index (χ4v) is 9.30. The third-order valence-corrected chi connectivity index (χ3v) is 12.6. The van der Waals surface area contributed by atoms with Crippen LogP contribution in [0.1, 0.15) is 61.9 Å². The summed E-state index contributed by atoms with van der Waals surface area (Å²) in [6, 6.07) is 11.1. The van der Waals surface area contributed by atoms with Gasteiger partial charge in [-0.3, -0.25) is 29.1 Å². The number of urea groups is 1. The van der Waals surface area contributed by atoms with E-state index in [0.29, 0.717) is 64.8 Å². The van der Waals surface area contributed by atoms with Gasteiger partial charge in [0.2, 0.25) is 11.8 Å². The number of ketones is 1. The molecule has 0 aliphatic carbocycles. The summed E-state index contributed by atoms with van der Waals surface area (Å²) in [4.78, 5) is 65.4. The highest BCUT2D eigenvalue weighted by molar-refractivity contribution is 9.11. The molecular weight excluding hydrogens is 792 g/mol. The first-order valence-corrected chi connectivity index (χ1v) is 20.3. The number of amides is 4. The number of nitrogen functional groups attached to an aromatic ring is 1. The summed E-state index contributed by atoms with van der Waals surface area (Å²) in [6.07, 6.45) is 3.82. The van der Waals surface area contributed by atoms with Crippen molar-refractivity contribution in [3.8, 4) is 0 Å². The van der Waals surface area contributed by atoms with Gasteiger partial charge in [-0.25, -0.2) is 4.79 Å². The Morgan fingerprint density at radius 1 is 0.885 bits per heavy atom. The number of fused-ring (bicyclic) bond motifs is 1. The van der Waals surface area contributed by atoms with E-state index in [4.69, 9.17) is 5.73 Å². The molecule has 4 amide bonds. The van der Waals surface area contributed by atoms with Crippen molar-refractivity contribution in [3.05, 3.63) is 56.5 Å². The molecule has 0 spiro atoms. The molecule has 2 aromatic carbocycles. The summed E-state index contributed by atoms with van der Waals surface area (Å²) in [6.45, 7) is 12.1. The predicted octanol–water partition coefficient (Wildman–Crippen LogP) is 4.42. The van der Waals surface area contributed by atoms with E-state index in [2.05, 4.69) is 71.0 Å². The van der Waals surface area contributed by atoms with Gasteiger partial charge in [0.25, 0.3) is 0 Å². The minimum absolute atomic E-state index is 0.0143. The zero-order valence-electron chi connectivity index (χ0n) is 30.3. The number of nitrogens with one attached hydrogen (secondary N) is 2. The molecule has 4 aliphatic heterocycles. The number of halogens is 2. The Bertz CT molecular complexity index is 1590. The molecule has 3 saturated heterocycles. The second-order valence-corrected chi connectivity index (χ2v) is 16.6. The molecule has 0 saturated carbocycles. The van der Waals surface area contributed by atoms with E-state index >= 15 is 0 Å². The Labute approximate surface area is 324 Å². The van der Waals surface area contributed by atoms with Crippen molar-refractivity contribution in [1.82, 2.24) is 29.8 Å². The first-order valence-electron chi connectivity index (χ1n) is 18.7. The zero-order chi connectivity index (χ0) is 36.9. The zero-order valence-corrected chi connectivity index (χ0v) is 33.5. The molecule has 4 heterocycles. The Morgan fingerprint density at radius 3 is 2.17 bits per heavy atom. The first kappa shape index (κ1) is 38.7. The second kappa shape index (κ2) is 17.4. The standard InChI is InChI=1S/C38H52Br2N8O4/c1-25(2)45-17-19-46(20-18-45)28-8-12-44(13-9-28)24-35(50)42-33(23-34(49)27-21-30(39)36(41)31(40)22-27)37(51)47-14-10-29(11-15-47)48-16-7-26-5-3-4-6-32(26)43-38(48)52/h3-6,21-22,25,28-29,33H,7-20,23-24,41H2,1-2H3,(H,42,50)(H,43,52). The predicted molar refractivity (Wildman–Crippen MR) is 210 cm³/mol. The number of hydrogen-bond donors (Lipinski definition) is 3. The number of benzene rings is 2. The van der Waals surface area contributed by atoms with Gasteiger partial charge in [-0.15, -0.1) is 0 Å². The van der Waals surface area contributed by atoms with Gasteiger partial charge in [-0.2, -0.15) is 0 Å². The molecule has 1 unspecified atom stereocenters. The number of piperazine rings is 1. The molecule has 0 radical (unpaired) electrons. The maximum absolute atomic E-state index is 14.1. The highest BCUT2D eigenvalue weighted by Crippen LogP contribution is 2.31. The lowest BCUT2D eigenvalue weighted by Crippen LogP contribution is -2.56. The molecule has 2 aromatic rings. The van der Waals surface area contributed by atoms with E-state index in [1.54, 1.807) is 17.0 Å². The summed E-state index contributed by atoms with van der Waals surface area (Å²) < 4.78 is 1.15. The summed E-state index contributed by atoms with van der Waals surface area (Å²) >= 11 is 6.83. The van der Waals surface area contributed by atoms with Crippen LogP contribution in [0.25, 0.3) is 0 Å². The fourth-order valence-electron chi connectivity index (χ4n) is 8.11. The maximum Gasteiger partial charge on any atom is 0.322 e. The van der Waals surface area contributed by atoms with Gasteiger partial charge < -0.3 is 26.2 Å². The van der Waals surface area contributed by atoms with Crippen LogP contribution >= 0.6 is 31.9 Å². The minimum atomic E-state index is -1.02. The van der Waals surface area contributed by atoms with Gasteiger partial charge in [-0.1, -0.05) is 18.2 Å². The Kier molecular flexibility index (Phi) is 12.9. The monoisotopic (exact) mass is 842 g/mol. The number of para-hydroxylation sites is 1. The lowest BCUT2D eigenvalue weighted by Gasteiger charge is -2.43. The van der Waals surface area contributed by atoms with E-state index in [-0.39, 0.29) is 42.6 Å². The second-order valence-electron chi connectivity index (χ2n) is 14.9. The maximum atomic E-state index is 14.1. The number of rotatable bonds is 10. The number of piperidine rings is 2. The van der Waals surface area contributed by atoms with Crippen molar-refractivity contribution in [2.75, 3.05) is 76.5 Å². The van der Waals surface area contributed by atoms with Crippen LogP contribution in [-0.2, 0) is 16.0 Å². The summed E-state index contributed by atoms with van der Waals surface area (Å²) in [7, 11) is 0. The quantitative estimate of drug-likeness (QED) is 0.237. The molecule has 6 rings (SSSR count). The SMILES string of the molecule is CC(C)N1CCN(C2CCN(CC(=O)NC(CC(=O)c3cc(Br)c(N)c(Br)c3)C(=O)N3CCC(N4CCc5ccccc5NC4=O)CC3)CC2)CC1. The average molecular weight is 845 g/mol. The van der Waals surface area contributed by atoms with Crippen LogP contribution in [-0.4, -0.2) is 138 Å². The molecule has 1 atom stereocenters. The van der Waals surface area contributed by atoms with E-state index in [9.17, 15) is 19.2 Å². The fraction of sp³-hybridized carbons (Fsp3) is 0.579. The first-order chi connectivity index (χ1) is 25.0. The lowest BCUT2D eigenvalue weighted by atomic mass is 9.99. The van der Waals surface area contributed by atoms with Gasteiger partial charge >= 0.3 is 6.03 Å². The van der Waals surface area contributed by atoms with Gasteiger partial charge in [0.15, 0.2) is 5.78 Å². The van der Waals surface area contributed by atoms with Crippen LogP contribution in [0.15, 0.2) is 45.3 Å². The van der Waals surface area contributed by atoms with Crippen molar-refractivity contribution in [3.63, 3.8) is 0 Å². The number of carbonyl (C=O) groups excluding carboxylic acids is 4. The van der Waals surface area contributed by atoms with Crippen LogP contribution in [0.2, 0.25) is 0 Å². The Balaban J connectivity index is 1.06. The molecular formula is C38H52Br2N8O4. The molecule has 0 bridgehead atoms. The summed E-state index contributed by atoms with van der Waals surface area (Å²) in [5.41, 5.74) is 8.88. The average Bonchev–Trinajstić information content (AvgIpc) is 3.31. The summed E-state index contributed by atoms with van der Waals surface area (Å²) in [5, 5.41) is 6.01. The summed E-state index contributed by atoms with van der Waals surface area (Å²) in [5.74, 6) is -0.805. The smallest absolute Gasteiger partial charge is 0.322 e. The highest BCUT2D eigenvalue weighted by Gasteiger charge is 2.36. The third kappa shape index (κ3) is 9.36. The lowest BCUT2D eigenvalue weighted by molar-refractivity contribution is -0.138. The Hall–Kier alpha value is -3.04. The molecule has 52 heavy (non-hydrogen) atoms. The van der Waals surface area contributed by atoms with Gasteiger partial charge in [0.05, 0.1) is 12.2 Å². The highest BCUT2D eigenvalue weighted by atomic mass is 79.9. The third-order valence-electron chi connectivity index (χ3n) is 11.3.